The summed E-state index contributed by atoms with van der Waals surface area (Å²) in [5.41, 5.74) is 3.12. The summed E-state index contributed by atoms with van der Waals surface area (Å²) in [6.45, 7) is 6.08. The van der Waals surface area contributed by atoms with Gasteiger partial charge in [0.05, 0.1) is 45.1 Å². The maximum Gasteiger partial charge on any atom is 0.300 e. The quantitative estimate of drug-likeness (QED) is 0.244. The largest absolute Gasteiger partial charge is 0.507 e. The highest BCUT2D eigenvalue weighted by Crippen LogP contribution is 2.45. The minimum absolute atomic E-state index is 0.0756. The molecular weight excluding hydrogens is 486 g/mol. The van der Waals surface area contributed by atoms with Crippen molar-refractivity contribution in [1.29, 1.82) is 0 Å². The molecule has 1 N–H and O–H groups in total. The highest BCUT2D eigenvalue weighted by molar-refractivity contribution is 6.51. The first-order valence-corrected chi connectivity index (χ1v) is 12.2. The van der Waals surface area contributed by atoms with Gasteiger partial charge in [0.1, 0.15) is 17.3 Å². The van der Waals surface area contributed by atoms with Crippen molar-refractivity contribution in [2.45, 2.75) is 26.8 Å². The van der Waals surface area contributed by atoms with Gasteiger partial charge in [-0.2, -0.15) is 0 Å². The van der Waals surface area contributed by atoms with Crippen LogP contribution < -0.4 is 23.8 Å². The molecule has 8 nitrogen and oxygen atoms in total. The third kappa shape index (κ3) is 4.77. The number of ether oxygens (including phenoxy) is 4. The third-order valence-electron chi connectivity index (χ3n) is 6.39. The standard InChI is InChI=1S/C30H31NO7/c1-7-38-25-15-19(8-10-24(25)37-6)27-26(28(32)22-16-21(35-4)9-11-23(22)36-5)29(33)30(34)31(27)20-13-17(2)12-18(3)14-20/h8-16,27,32H,7H2,1-6H3/b28-26+. The Morgan fingerprint density at radius 2 is 1.50 bits per heavy atom. The number of benzene rings is 3. The summed E-state index contributed by atoms with van der Waals surface area (Å²) in [6.07, 6.45) is 0. The number of aryl methyl sites for hydroxylation is 2. The molecule has 1 amide bonds. The van der Waals surface area contributed by atoms with Gasteiger partial charge in [-0.05, 0) is 79.9 Å². The molecule has 1 heterocycles. The van der Waals surface area contributed by atoms with E-state index < -0.39 is 17.7 Å². The van der Waals surface area contributed by atoms with Gasteiger partial charge >= 0.3 is 0 Å². The zero-order valence-corrected chi connectivity index (χ0v) is 22.3. The van der Waals surface area contributed by atoms with Gasteiger partial charge in [0.2, 0.25) is 0 Å². The Balaban J connectivity index is 2.03. The van der Waals surface area contributed by atoms with E-state index in [2.05, 4.69) is 0 Å². The monoisotopic (exact) mass is 517 g/mol. The first-order chi connectivity index (χ1) is 18.2. The van der Waals surface area contributed by atoms with E-state index in [4.69, 9.17) is 18.9 Å². The van der Waals surface area contributed by atoms with Crippen LogP contribution in [0.3, 0.4) is 0 Å². The highest BCUT2D eigenvalue weighted by Gasteiger charge is 2.47. The molecule has 8 heteroatoms. The number of carbonyl (C=O) groups is 2. The minimum atomic E-state index is -0.947. The van der Waals surface area contributed by atoms with E-state index in [1.807, 2.05) is 39.0 Å². The fraction of sp³-hybridized carbons (Fsp3) is 0.267. The zero-order chi connectivity index (χ0) is 27.6. The molecule has 0 aliphatic carbocycles. The van der Waals surface area contributed by atoms with Crippen LogP contribution in [0, 0.1) is 13.8 Å². The van der Waals surface area contributed by atoms with Crippen molar-refractivity contribution >= 4 is 23.1 Å². The Kier molecular flexibility index (Phi) is 7.62. The molecule has 0 spiro atoms. The summed E-state index contributed by atoms with van der Waals surface area (Å²) in [6, 6.07) is 14.8. The average molecular weight is 518 g/mol. The maximum atomic E-state index is 13.6. The SMILES string of the molecule is CCOc1cc(C2/C(=C(\O)c3cc(OC)ccc3OC)C(=O)C(=O)N2c2cc(C)cc(C)c2)ccc1OC. The van der Waals surface area contributed by atoms with Crippen molar-refractivity contribution in [3.05, 3.63) is 82.4 Å². The van der Waals surface area contributed by atoms with Crippen molar-refractivity contribution in [3.8, 4) is 23.0 Å². The molecular formula is C30H31NO7. The first-order valence-electron chi connectivity index (χ1n) is 12.2. The second kappa shape index (κ2) is 10.9. The molecule has 3 aromatic carbocycles. The molecule has 38 heavy (non-hydrogen) atoms. The molecule has 1 aliphatic heterocycles. The number of ketones is 1. The summed E-state index contributed by atoms with van der Waals surface area (Å²) in [4.78, 5) is 28.6. The van der Waals surface area contributed by atoms with Gasteiger partial charge in [-0.25, -0.2) is 0 Å². The minimum Gasteiger partial charge on any atom is -0.507 e. The topological polar surface area (TPSA) is 94.5 Å². The lowest BCUT2D eigenvalue weighted by atomic mass is 9.94. The smallest absolute Gasteiger partial charge is 0.300 e. The van der Waals surface area contributed by atoms with E-state index >= 15 is 0 Å². The van der Waals surface area contributed by atoms with Crippen molar-refractivity contribution in [2.24, 2.45) is 0 Å². The fourth-order valence-corrected chi connectivity index (χ4v) is 4.78. The molecule has 1 fully saturated rings. The summed E-state index contributed by atoms with van der Waals surface area (Å²) in [7, 11) is 4.49. The Labute approximate surface area is 222 Å². The number of nitrogens with zero attached hydrogens (tertiary/aromatic N) is 1. The molecule has 198 valence electrons. The summed E-state index contributed by atoms with van der Waals surface area (Å²) < 4.78 is 22.0. The number of aliphatic hydroxyl groups excluding tert-OH is 1. The summed E-state index contributed by atoms with van der Waals surface area (Å²) in [5.74, 6) is -0.196. The van der Waals surface area contributed by atoms with E-state index in [0.29, 0.717) is 40.9 Å². The van der Waals surface area contributed by atoms with Gasteiger partial charge in [0.15, 0.2) is 11.5 Å². The number of Topliss-reactive ketones (excluding diaryl/α,β-unsaturated/α-hetero) is 1. The zero-order valence-electron chi connectivity index (χ0n) is 22.3. The second-order valence-corrected chi connectivity index (χ2v) is 8.92. The van der Waals surface area contributed by atoms with Crippen LogP contribution in [-0.4, -0.2) is 44.7 Å². The highest BCUT2D eigenvalue weighted by atomic mass is 16.5. The number of carbonyl (C=O) groups excluding carboxylic acids is 2. The van der Waals surface area contributed by atoms with E-state index in [-0.39, 0.29) is 16.9 Å². The number of aliphatic hydroxyl groups is 1. The molecule has 0 bridgehead atoms. The summed E-state index contributed by atoms with van der Waals surface area (Å²) in [5, 5.41) is 11.6. The molecule has 1 atom stereocenters. The fourth-order valence-electron chi connectivity index (χ4n) is 4.78. The Hall–Kier alpha value is -4.46. The van der Waals surface area contributed by atoms with Gasteiger partial charge in [-0.3, -0.25) is 14.5 Å². The number of amides is 1. The number of rotatable bonds is 8. The average Bonchev–Trinajstić information content (AvgIpc) is 3.17. The normalized spacial score (nSPS) is 16.5. The van der Waals surface area contributed by atoms with Crippen LogP contribution in [0.2, 0.25) is 0 Å². The molecule has 1 aliphatic rings. The van der Waals surface area contributed by atoms with Gasteiger partial charge in [-0.15, -0.1) is 0 Å². The molecule has 4 rings (SSSR count). The van der Waals surface area contributed by atoms with Gasteiger partial charge < -0.3 is 24.1 Å². The lowest BCUT2D eigenvalue weighted by Crippen LogP contribution is -2.29. The van der Waals surface area contributed by atoms with Crippen LogP contribution in [0.25, 0.3) is 5.76 Å². The predicted molar refractivity (Wildman–Crippen MR) is 144 cm³/mol. The Morgan fingerprint density at radius 1 is 0.842 bits per heavy atom. The van der Waals surface area contributed by atoms with Crippen molar-refractivity contribution in [2.75, 3.05) is 32.8 Å². The molecule has 1 saturated heterocycles. The van der Waals surface area contributed by atoms with Crippen LogP contribution in [0.4, 0.5) is 5.69 Å². The Bertz CT molecular complexity index is 1410. The van der Waals surface area contributed by atoms with Crippen LogP contribution >= 0.6 is 0 Å². The number of methoxy groups -OCH3 is 3. The van der Waals surface area contributed by atoms with Crippen LogP contribution in [-0.2, 0) is 9.59 Å². The molecule has 1 unspecified atom stereocenters. The van der Waals surface area contributed by atoms with E-state index in [9.17, 15) is 14.7 Å². The molecule has 0 saturated carbocycles. The lowest BCUT2D eigenvalue weighted by Gasteiger charge is -2.27. The van der Waals surface area contributed by atoms with Crippen LogP contribution in [0.5, 0.6) is 23.0 Å². The lowest BCUT2D eigenvalue weighted by molar-refractivity contribution is -0.132. The van der Waals surface area contributed by atoms with E-state index in [1.54, 1.807) is 36.4 Å². The molecule has 0 aromatic heterocycles. The van der Waals surface area contributed by atoms with E-state index in [1.165, 1.54) is 26.2 Å². The van der Waals surface area contributed by atoms with Gasteiger partial charge in [0, 0.05) is 5.69 Å². The maximum absolute atomic E-state index is 13.6. The second-order valence-electron chi connectivity index (χ2n) is 8.92. The van der Waals surface area contributed by atoms with Gasteiger partial charge in [0.25, 0.3) is 11.7 Å². The summed E-state index contributed by atoms with van der Waals surface area (Å²) >= 11 is 0. The Morgan fingerprint density at radius 3 is 2.11 bits per heavy atom. The molecule has 0 radical (unpaired) electrons. The first kappa shape index (κ1) is 26.6. The van der Waals surface area contributed by atoms with Crippen molar-refractivity contribution in [1.82, 2.24) is 0 Å². The van der Waals surface area contributed by atoms with E-state index in [0.717, 1.165) is 11.1 Å². The van der Waals surface area contributed by atoms with Crippen molar-refractivity contribution in [3.63, 3.8) is 0 Å². The number of hydrogen-bond donors (Lipinski definition) is 1. The number of hydrogen-bond acceptors (Lipinski definition) is 7. The predicted octanol–water partition coefficient (Wildman–Crippen LogP) is 5.35. The van der Waals surface area contributed by atoms with Gasteiger partial charge in [-0.1, -0.05) is 12.1 Å². The van der Waals surface area contributed by atoms with Crippen molar-refractivity contribution < 1.29 is 33.6 Å². The molecule has 3 aromatic rings. The third-order valence-corrected chi connectivity index (χ3v) is 6.39. The van der Waals surface area contributed by atoms with Crippen LogP contribution in [0.15, 0.2) is 60.2 Å². The van der Waals surface area contributed by atoms with Crippen LogP contribution in [0.1, 0.15) is 35.2 Å². The number of anilines is 1.